The van der Waals surface area contributed by atoms with Gasteiger partial charge in [-0.2, -0.15) is 0 Å². The Kier molecular flexibility index (Phi) is 4.68. The number of hydrogen-bond donors (Lipinski definition) is 0. The molecule has 0 radical (unpaired) electrons. The Morgan fingerprint density at radius 2 is 1.67 bits per heavy atom. The van der Waals surface area contributed by atoms with E-state index in [4.69, 9.17) is 4.74 Å². The Hall–Kier alpha value is -1.98. The predicted octanol–water partition coefficient (Wildman–Crippen LogP) is 4.29. The summed E-state index contributed by atoms with van der Waals surface area (Å²) in [7, 11) is -3.59. The molecule has 3 nitrogen and oxygen atoms in total. The van der Waals surface area contributed by atoms with Gasteiger partial charge in [-0.15, -0.1) is 0 Å². The lowest BCUT2D eigenvalue weighted by molar-refractivity contribution is 0.109. The van der Waals surface area contributed by atoms with Crippen molar-refractivity contribution in [3.05, 3.63) is 77.6 Å². The van der Waals surface area contributed by atoms with Crippen LogP contribution in [0.25, 0.3) is 0 Å². The Morgan fingerprint density at radius 3 is 2.33 bits per heavy atom. The molecule has 5 heteroatoms. The standard InChI is InChI=1S/C22H23FO3S/c1-14(2)15-7-9-17(10-8-15)27(24,25)22-18(20-11-12-21(22)26-20)13-16-5-3-4-6-19(16)23/h3-12,14,18,20-22H,13H2,1-2H3/t18-,20?,21?,22?/m1/s1. The lowest BCUT2D eigenvalue weighted by Gasteiger charge is -2.25. The first-order valence-electron chi connectivity index (χ1n) is 9.29. The van der Waals surface area contributed by atoms with Gasteiger partial charge in [0.15, 0.2) is 9.84 Å². The van der Waals surface area contributed by atoms with Gasteiger partial charge in [0.05, 0.1) is 17.1 Å². The summed E-state index contributed by atoms with van der Waals surface area (Å²) in [6.45, 7) is 4.14. The molecule has 0 saturated carbocycles. The summed E-state index contributed by atoms with van der Waals surface area (Å²) in [5, 5.41) is -0.697. The van der Waals surface area contributed by atoms with Crippen LogP contribution in [-0.4, -0.2) is 25.9 Å². The van der Waals surface area contributed by atoms with Gasteiger partial charge in [-0.1, -0.05) is 56.3 Å². The van der Waals surface area contributed by atoms with Gasteiger partial charge < -0.3 is 4.74 Å². The normalized spacial score (nSPS) is 26.8. The lowest BCUT2D eigenvalue weighted by Crippen LogP contribution is -2.38. The van der Waals surface area contributed by atoms with Crippen molar-refractivity contribution in [1.29, 1.82) is 0 Å². The van der Waals surface area contributed by atoms with E-state index in [0.717, 1.165) is 5.56 Å². The van der Waals surface area contributed by atoms with E-state index >= 15 is 0 Å². The van der Waals surface area contributed by atoms with Gasteiger partial charge in [0.2, 0.25) is 0 Å². The molecule has 3 unspecified atom stereocenters. The van der Waals surface area contributed by atoms with Gasteiger partial charge in [0.1, 0.15) is 11.1 Å². The number of sulfone groups is 1. The molecule has 2 aliphatic heterocycles. The Balaban J connectivity index is 1.67. The van der Waals surface area contributed by atoms with E-state index in [-0.39, 0.29) is 17.8 Å². The van der Waals surface area contributed by atoms with Crippen LogP contribution in [0, 0.1) is 11.7 Å². The number of halogens is 1. The minimum Gasteiger partial charge on any atom is -0.365 e. The highest BCUT2D eigenvalue weighted by Gasteiger charge is 2.52. The fourth-order valence-electron chi connectivity index (χ4n) is 4.11. The highest BCUT2D eigenvalue weighted by atomic mass is 32.2. The number of rotatable bonds is 5. The highest BCUT2D eigenvalue weighted by molar-refractivity contribution is 7.92. The molecule has 1 saturated heterocycles. The van der Waals surface area contributed by atoms with Crippen LogP contribution in [-0.2, 0) is 21.0 Å². The SMILES string of the molecule is CC(C)c1ccc(S(=O)(=O)C2C3C=CC(O3)[C@H]2Cc2ccccc2F)cc1. The third kappa shape index (κ3) is 3.23. The molecule has 2 heterocycles. The quantitative estimate of drug-likeness (QED) is 0.720. The van der Waals surface area contributed by atoms with Crippen LogP contribution in [0.1, 0.15) is 30.9 Å². The molecule has 2 aliphatic rings. The molecule has 0 amide bonds. The largest absolute Gasteiger partial charge is 0.365 e. The van der Waals surface area contributed by atoms with Crippen molar-refractivity contribution >= 4 is 9.84 Å². The van der Waals surface area contributed by atoms with Gasteiger partial charge in [0.25, 0.3) is 0 Å². The number of hydrogen-bond acceptors (Lipinski definition) is 3. The third-order valence-corrected chi connectivity index (χ3v) is 7.88. The first-order chi connectivity index (χ1) is 12.9. The van der Waals surface area contributed by atoms with Gasteiger partial charge in [-0.25, -0.2) is 12.8 Å². The zero-order valence-corrected chi connectivity index (χ0v) is 16.2. The van der Waals surface area contributed by atoms with Crippen LogP contribution in [0.5, 0.6) is 0 Å². The predicted molar refractivity (Wildman–Crippen MR) is 103 cm³/mol. The van der Waals surface area contributed by atoms with E-state index in [1.165, 1.54) is 6.07 Å². The number of benzene rings is 2. The zero-order chi connectivity index (χ0) is 19.2. The van der Waals surface area contributed by atoms with Crippen LogP contribution in [0.3, 0.4) is 0 Å². The number of ether oxygens (including phenoxy) is 1. The molecule has 2 bridgehead atoms. The third-order valence-electron chi connectivity index (χ3n) is 5.62. The second-order valence-electron chi connectivity index (χ2n) is 7.64. The fraction of sp³-hybridized carbons (Fsp3) is 0.364. The van der Waals surface area contributed by atoms with Crippen molar-refractivity contribution in [2.75, 3.05) is 0 Å². The van der Waals surface area contributed by atoms with Crippen molar-refractivity contribution in [2.24, 2.45) is 5.92 Å². The van der Waals surface area contributed by atoms with E-state index in [0.29, 0.717) is 22.8 Å². The molecule has 0 aromatic heterocycles. The molecule has 1 fully saturated rings. The average molecular weight is 386 g/mol. The Bertz CT molecular complexity index is 963. The fourth-order valence-corrected chi connectivity index (χ4v) is 6.16. The van der Waals surface area contributed by atoms with Crippen LogP contribution >= 0.6 is 0 Å². The lowest BCUT2D eigenvalue weighted by atomic mass is 9.88. The molecule has 4 rings (SSSR count). The summed E-state index contributed by atoms with van der Waals surface area (Å²) in [4.78, 5) is 0.306. The van der Waals surface area contributed by atoms with E-state index in [2.05, 4.69) is 13.8 Å². The summed E-state index contributed by atoms with van der Waals surface area (Å²) in [5.41, 5.74) is 1.63. The molecule has 27 heavy (non-hydrogen) atoms. The summed E-state index contributed by atoms with van der Waals surface area (Å²) in [5.74, 6) is -0.266. The van der Waals surface area contributed by atoms with Crippen LogP contribution in [0.2, 0.25) is 0 Å². The Labute approximate surface area is 159 Å². The highest BCUT2D eigenvalue weighted by Crippen LogP contribution is 2.42. The average Bonchev–Trinajstić information content (AvgIpc) is 3.25. The zero-order valence-electron chi connectivity index (χ0n) is 15.4. The molecule has 4 atom stereocenters. The maximum Gasteiger partial charge on any atom is 0.184 e. The van der Waals surface area contributed by atoms with Crippen molar-refractivity contribution in [3.63, 3.8) is 0 Å². The van der Waals surface area contributed by atoms with E-state index < -0.39 is 21.2 Å². The second-order valence-corrected chi connectivity index (χ2v) is 9.75. The van der Waals surface area contributed by atoms with Gasteiger partial charge in [0, 0.05) is 5.92 Å². The smallest absolute Gasteiger partial charge is 0.184 e. The molecule has 2 aromatic rings. The van der Waals surface area contributed by atoms with Gasteiger partial charge >= 0.3 is 0 Å². The minimum absolute atomic E-state index is 0.288. The summed E-state index contributed by atoms with van der Waals surface area (Å²) < 4.78 is 46.8. The molecule has 2 aromatic carbocycles. The summed E-state index contributed by atoms with van der Waals surface area (Å²) >= 11 is 0. The maximum atomic E-state index is 14.1. The second kappa shape index (κ2) is 6.88. The minimum atomic E-state index is -3.59. The maximum absolute atomic E-state index is 14.1. The van der Waals surface area contributed by atoms with Gasteiger partial charge in [-0.3, -0.25) is 0 Å². The van der Waals surface area contributed by atoms with Crippen molar-refractivity contribution in [1.82, 2.24) is 0 Å². The van der Waals surface area contributed by atoms with Gasteiger partial charge in [-0.05, 0) is 41.7 Å². The molecular formula is C22H23FO3S. The van der Waals surface area contributed by atoms with Crippen molar-refractivity contribution in [2.45, 2.75) is 48.5 Å². The first kappa shape index (κ1) is 18.4. The Morgan fingerprint density at radius 1 is 1.00 bits per heavy atom. The summed E-state index contributed by atoms with van der Waals surface area (Å²) in [6, 6.07) is 13.6. The van der Waals surface area contributed by atoms with Crippen LogP contribution < -0.4 is 0 Å². The molecule has 0 aliphatic carbocycles. The molecule has 0 N–H and O–H groups in total. The van der Waals surface area contributed by atoms with Crippen LogP contribution in [0.15, 0.2) is 65.6 Å². The molecule has 142 valence electrons. The summed E-state index contributed by atoms with van der Waals surface area (Å²) in [6.07, 6.45) is 3.31. The topological polar surface area (TPSA) is 43.4 Å². The number of fused-ring (bicyclic) bond motifs is 2. The first-order valence-corrected chi connectivity index (χ1v) is 10.8. The van der Waals surface area contributed by atoms with Crippen LogP contribution in [0.4, 0.5) is 4.39 Å². The van der Waals surface area contributed by atoms with E-state index in [9.17, 15) is 12.8 Å². The van der Waals surface area contributed by atoms with Crippen molar-refractivity contribution in [3.8, 4) is 0 Å². The van der Waals surface area contributed by atoms with E-state index in [1.807, 2.05) is 24.3 Å². The molecule has 0 spiro atoms. The monoisotopic (exact) mass is 386 g/mol. The van der Waals surface area contributed by atoms with E-state index in [1.54, 1.807) is 30.3 Å². The van der Waals surface area contributed by atoms with Crippen molar-refractivity contribution < 1.29 is 17.5 Å². The molecular weight excluding hydrogens is 363 g/mol.